The minimum Gasteiger partial charge on any atom is -0.393 e. The van der Waals surface area contributed by atoms with Crippen LogP contribution >= 0.6 is 0 Å². The summed E-state index contributed by atoms with van der Waals surface area (Å²) in [5.74, 6) is 0.924. The van der Waals surface area contributed by atoms with E-state index >= 15 is 0 Å². The normalized spacial score (nSPS) is 18.6. The van der Waals surface area contributed by atoms with Crippen LogP contribution in [0.5, 0.6) is 0 Å². The Labute approximate surface area is 117 Å². The van der Waals surface area contributed by atoms with Crippen LogP contribution in [0.4, 0.5) is 5.82 Å². The van der Waals surface area contributed by atoms with Crippen molar-refractivity contribution in [3.05, 3.63) is 18.1 Å². The fourth-order valence-corrected chi connectivity index (χ4v) is 2.82. The van der Waals surface area contributed by atoms with E-state index in [0.717, 1.165) is 23.3 Å². The van der Waals surface area contributed by atoms with E-state index in [-0.39, 0.29) is 6.61 Å². The number of aryl methyl sites for hydroxylation is 1. The van der Waals surface area contributed by atoms with Gasteiger partial charge >= 0.3 is 0 Å². The number of rotatable bonds is 3. The number of anilines is 1. The van der Waals surface area contributed by atoms with Crippen molar-refractivity contribution in [2.75, 3.05) is 24.6 Å². The van der Waals surface area contributed by atoms with Crippen molar-refractivity contribution in [3.8, 4) is 0 Å². The second kappa shape index (κ2) is 5.03. The first-order chi connectivity index (χ1) is 9.67. The fraction of sp³-hybridized carbons (Fsp3) is 0.571. The summed E-state index contributed by atoms with van der Waals surface area (Å²) in [6.07, 6.45) is 5.59. The number of aromatic nitrogens is 3. The van der Waals surface area contributed by atoms with Crippen molar-refractivity contribution >= 4 is 16.9 Å². The molecule has 2 aromatic heterocycles. The van der Waals surface area contributed by atoms with Crippen LogP contribution in [0.2, 0.25) is 0 Å². The highest BCUT2D eigenvalue weighted by Crippen LogP contribution is 2.30. The standard InChI is InChI=1S/C14H20N4O2/c1-2-10-7-15-12-11(10)13(17-9-16-12)18-5-3-14(20,8-19)4-6-18/h7,9,19-20H,2-6,8H2,1H3,(H,15,16,17). The van der Waals surface area contributed by atoms with Gasteiger partial charge in [0.15, 0.2) is 0 Å². The van der Waals surface area contributed by atoms with Crippen LogP contribution in [0.15, 0.2) is 12.5 Å². The molecule has 1 fully saturated rings. The van der Waals surface area contributed by atoms with Crippen molar-refractivity contribution in [3.63, 3.8) is 0 Å². The summed E-state index contributed by atoms with van der Waals surface area (Å²) < 4.78 is 0. The number of nitrogens with one attached hydrogen (secondary N) is 1. The summed E-state index contributed by atoms with van der Waals surface area (Å²) in [7, 11) is 0. The highest BCUT2D eigenvalue weighted by Gasteiger charge is 2.32. The third kappa shape index (κ3) is 2.14. The lowest BCUT2D eigenvalue weighted by molar-refractivity contribution is -0.0326. The molecule has 0 amide bonds. The Kier molecular flexibility index (Phi) is 3.35. The fourth-order valence-electron chi connectivity index (χ4n) is 2.82. The van der Waals surface area contributed by atoms with Gasteiger partial charge in [0.1, 0.15) is 17.8 Å². The quantitative estimate of drug-likeness (QED) is 0.773. The zero-order chi connectivity index (χ0) is 14.2. The van der Waals surface area contributed by atoms with Crippen molar-refractivity contribution in [1.29, 1.82) is 0 Å². The van der Waals surface area contributed by atoms with Crippen LogP contribution in [-0.4, -0.2) is 50.5 Å². The third-order valence-corrected chi connectivity index (χ3v) is 4.20. The van der Waals surface area contributed by atoms with Crippen molar-refractivity contribution in [2.24, 2.45) is 0 Å². The van der Waals surface area contributed by atoms with Crippen LogP contribution in [0.3, 0.4) is 0 Å². The molecule has 6 nitrogen and oxygen atoms in total. The van der Waals surface area contributed by atoms with E-state index < -0.39 is 5.60 Å². The maximum Gasteiger partial charge on any atom is 0.143 e. The Morgan fingerprint density at radius 1 is 1.35 bits per heavy atom. The molecule has 1 aliphatic rings. The maximum absolute atomic E-state index is 10.1. The molecule has 3 rings (SSSR count). The van der Waals surface area contributed by atoms with E-state index in [2.05, 4.69) is 26.8 Å². The molecule has 0 spiro atoms. The SMILES string of the molecule is CCc1c[nH]c2ncnc(N3CCC(O)(CO)CC3)c12. The lowest BCUT2D eigenvalue weighted by Gasteiger charge is -2.37. The Hall–Kier alpha value is -1.66. The molecule has 108 valence electrons. The zero-order valence-electron chi connectivity index (χ0n) is 11.6. The molecule has 1 saturated heterocycles. The first-order valence-corrected chi connectivity index (χ1v) is 7.06. The van der Waals surface area contributed by atoms with Crippen LogP contribution < -0.4 is 4.90 Å². The summed E-state index contributed by atoms with van der Waals surface area (Å²) in [5.41, 5.74) is 1.13. The number of aliphatic hydroxyl groups is 2. The Morgan fingerprint density at radius 2 is 2.10 bits per heavy atom. The molecule has 0 unspecified atom stereocenters. The smallest absolute Gasteiger partial charge is 0.143 e. The predicted molar refractivity (Wildman–Crippen MR) is 76.7 cm³/mol. The second-order valence-corrected chi connectivity index (χ2v) is 5.46. The van der Waals surface area contributed by atoms with E-state index in [1.807, 2.05) is 6.20 Å². The van der Waals surface area contributed by atoms with Crippen LogP contribution in [0, 0.1) is 0 Å². The summed E-state index contributed by atoms with van der Waals surface area (Å²) in [6.45, 7) is 3.32. The maximum atomic E-state index is 10.1. The third-order valence-electron chi connectivity index (χ3n) is 4.20. The topological polar surface area (TPSA) is 85.3 Å². The molecule has 0 aromatic carbocycles. The molecule has 0 bridgehead atoms. The zero-order valence-corrected chi connectivity index (χ0v) is 11.6. The van der Waals surface area contributed by atoms with Gasteiger partial charge in [0, 0.05) is 19.3 Å². The van der Waals surface area contributed by atoms with E-state index in [9.17, 15) is 10.2 Å². The van der Waals surface area contributed by atoms with Gasteiger partial charge in [-0.1, -0.05) is 6.92 Å². The van der Waals surface area contributed by atoms with Gasteiger partial charge in [-0.2, -0.15) is 0 Å². The van der Waals surface area contributed by atoms with E-state index in [0.29, 0.717) is 25.9 Å². The number of piperidine rings is 1. The molecule has 0 saturated carbocycles. The van der Waals surface area contributed by atoms with Crippen LogP contribution in [0.25, 0.3) is 11.0 Å². The molecule has 0 aliphatic carbocycles. The van der Waals surface area contributed by atoms with E-state index in [4.69, 9.17) is 0 Å². The van der Waals surface area contributed by atoms with Gasteiger partial charge in [0.25, 0.3) is 0 Å². The molecular formula is C14H20N4O2. The second-order valence-electron chi connectivity index (χ2n) is 5.46. The Morgan fingerprint density at radius 3 is 2.75 bits per heavy atom. The highest BCUT2D eigenvalue weighted by atomic mass is 16.3. The van der Waals surface area contributed by atoms with Gasteiger partial charge in [-0.05, 0) is 24.8 Å². The van der Waals surface area contributed by atoms with Gasteiger partial charge in [0.05, 0.1) is 17.6 Å². The first-order valence-electron chi connectivity index (χ1n) is 7.06. The average Bonchev–Trinajstić information content (AvgIpc) is 2.91. The number of nitrogens with zero attached hydrogens (tertiary/aromatic N) is 3. The number of aliphatic hydroxyl groups excluding tert-OH is 1. The predicted octanol–water partition coefficient (Wildman–Crippen LogP) is 0.844. The molecule has 3 N–H and O–H groups in total. The summed E-state index contributed by atoms with van der Waals surface area (Å²) in [5, 5.41) is 20.4. The van der Waals surface area contributed by atoms with E-state index in [1.54, 1.807) is 6.33 Å². The Bertz CT molecular complexity index is 602. The van der Waals surface area contributed by atoms with Crippen molar-refractivity contribution in [1.82, 2.24) is 15.0 Å². The van der Waals surface area contributed by atoms with Gasteiger partial charge in [-0.15, -0.1) is 0 Å². The monoisotopic (exact) mass is 276 g/mol. The first kappa shape index (κ1) is 13.3. The van der Waals surface area contributed by atoms with Crippen molar-refractivity contribution < 1.29 is 10.2 Å². The average molecular weight is 276 g/mol. The number of aromatic amines is 1. The minimum absolute atomic E-state index is 0.176. The summed E-state index contributed by atoms with van der Waals surface area (Å²) >= 11 is 0. The van der Waals surface area contributed by atoms with Gasteiger partial charge in [0.2, 0.25) is 0 Å². The number of H-pyrrole nitrogens is 1. The molecule has 0 radical (unpaired) electrons. The largest absolute Gasteiger partial charge is 0.393 e. The summed E-state index contributed by atoms with van der Waals surface area (Å²) in [4.78, 5) is 14.0. The molecule has 2 aromatic rings. The van der Waals surface area contributed by atoms with E-state index in [1.165, 1.54) is 5.56 Å². The molecule has 1 aliphatic heterocycles. The minimum atomic E-state index is -0.936. The number of hydrogen-bond acceptors (Lipinski definition) is 5. The number of fused-ring (bicyclic) bond motifs is 1. The Balaban J connectivity index is 1.93. The molecule has 0 atom stereocenters. The molecule has 6 heteroatoms. The van der Waals surface area contributed by atoms with Crippen LogP contribution in [-0.2, 0) is 6.42 Å². The lowest BCUT2D eigenvalue weighted by Crippen LogP contribution is -2.47. The number of hydrogen-bond donors (Lipinski definition) is 3. The molecule has 3 heterocycles. The van der Waals surface area contributed by atoms with Crippen LogP contribution in [0.1, 0.15) is 25.3 Å². The van der Waals surface area contributed by atoms with Crippen molar-refractivity contribution in [2.45, 2.75) is 31.8 Å². The van der Waals surface area contributed by atoms with Gasteiger partial charge < -0.3 is 20.1 Å². The summed E-state index contributed by atoms with van der Waals surface area (Å²) in [6, 6.07) is 0. The van der Waals surface area contributed by atoms with Gasteiger partial charge in [-0.25, -0.2) is 9.97 Å². The highest BCUT2D eigenvalue weighted by molar-refractivity contribution is 5.90. The molecular weight excluding hydrogens is 256 g/mol. The lowest BCUT2D eigenvalue weighted by atomic mass is 9.92. The van der Waals surface area contributed by atoms with Gasteiger partial charge in [-0.3, -0.25) is 0 Å². The molecule has 20 heavy (non-hydrogen) atoms.